The van der Waals surface area contributed by atoms with Gasteiger partial charge < -0.3 is 9.88 Å². The highest BCUT2D eigenvalue weighted by Crippen LogP contribution is 2.26. The summed E-state index contributed by atoms with van der Waals surface area (Å²) in [5.74, 6) is 0.227. The van der Waals surface area contributed by atoms with Crippen LogP contribution in [0.1, 0.15) is 37.8 Å². The van der Waals surface area contributed by atoms with Crippen LogP contribution < -0.4 is 10.8 Å². The predicted molar refractivity (Wildman–Crippen MR) is 110 cm³/mol. The molecule has 0 aliphatic heterocycles. The van der Waals surface area contributed by atoms with Gasteiger partial charge in [-0.3, -0.25) is 10.0 Å². The molecule has 0 bridgehead atoms. The molecule has 1 amide bonds. The Balaban J connectivity index is 0.00000169. The monoisotopic (exact) mass is 418 g/mol. The molecular formula is C17H24Cl2N4O2S. The van der Waals surface area contributed by atoms with Crippen LogP contribution in [-0.2, 0) is 11.3 Å². The molecule has 6 nitrogen and oxygen atoms in total. The summed E-state index contributed by atoms with van der Waals surface area (Å²) < 4.78 is 2.25. The first-order valence-electron chi connectivity index (χ1n) is 8.23. The van der Waals surface area contributed by atoms with Gasteiger partial charge in [-0.1, -0.05) is 19.3 Å². The summed E-state index contributed by atoms with van der Waals surface area (Å²) in [4.78, 5) is 15.3. The lowest BCUT2D eigenvalue weighted by Crippen LogP contribution is -2.14. The number of anilines is 2. The number of nitrogens with one attached hydrogen (secondary N) is 2. The van der Waals surface area contributed by atoms with E-state index in [4.69, 9.17) is 5.21 Å². The van der Waals surface area contributed by atoms with Gasteiger partial charge in [0.1, 0.15) is 0 Å². The topological polar surface area (TPSA) is 79.2 Å². The Bertz CT molecular complexity index is 711. The molecule has 0 saturated heterocycles. The van der Waals surface area contributed by atoms with Crippen molar-refractivity contribution < 1.29 is 10.0 Å². The molecule has 0 spiro atoms. The van der Waals surface area contributed by atoms with Gasteiger partial charge in [-0.2, -0.15) is 0 Å². The van der Waals surface area contributed by atoms with E-state index < -0.39 is 5.91 Å². The van der Waals surface area contributed by atoms with Crippen LogP contribution in [0.15, 0.2) is 29.9 Å². The normalized spacial score (nSPS) is 14.5. The first-order valence-corrected chi connectivity index (χ1v) is 9.11. The number of aromatic nitrogens is 2. The highest BCUT2D eigenvalue weighted by Gasteiger charge is 2.13. The maximum atomic E-state index is 11.0. The van der Waals surface area contributed by atoms with Crippen LogP contribution in [-0.4, -0.2) is 20.7 Å². The molecule has 9 heteroatoms. The van der Waals surface area contributed by atoms with E-state index in [-0.39, 0.29) is 24.8 Å². The zero-order valence-corrected chi connectivity index (χ0v) is 16.7. The highest BCUT2D eigenvalue weighted by atomic mass is 35.5. The SMILES string of the molecule is Cl.Cl.O=C(C=Cc1csc(Nc2ccn(CC3CCCCC3)c2)n1)NO. The van der Waals surface area contributed by atoms with Crippen LogP contribution in [0.25, 0.3) is 6.08 Å². The smallest absolute Gasteiger partial charge is 0.267 e. The van der Waals surface area contributed by atoms with Crippen LogP contribution in [0.2, 0.25) is 0 Å². The van der Waals surface area contributed by atoms with Crippen molar-refractivity contribution >= 4 is 59.0 Å². The molecule has 3 N–H and O–H groups in total. The average Bonchev–Trinajstić information content (AvgIpc) is 3.23. The van der Waals surface area contributed by atoms with E-state index in [1.807, 2.05) is 5.38 Å². The molecule has 0 radical (unpaired) electrons. The molecule has 1 aliphatic rings. The first-order chi connectivity index (χ1) is 11.7. The number of halogens is 2. The maximum Gasteiger partial charge on any atom is 0.267 e. The fraction of sp³-hybridized carbons (Fsp3) is 0.412. The fourth-order valence-corrected chi connectivity index (χ4v) is 3.74. The molecule has 1 saturated carbocycles. The molecule has 0 aromatic carbocycles. The van der Waals surface area contributed by atoms with E-state index in [0.29, 0.717) is 5.69 Å². The molecule has 1 fully saturated rings. The maximum absolute atomic E-state index is 11.0. The predicted octanol–water partition coefficient (Wildman–Crippen LogP) is 4.63. The Labute approximate surface area is 169 Å². The Kier molecular flexibility index (Phi) is 9.72. The number of carbonyl (C=O) groups is 1. The second-order valence-electron chi connectivity index (χ2n) is 6.11. The van der Waals surface area contributed by atoms with Crippen LogP contribution in [0, 0.1) is 5.92 Å². The van der Waals surface area contributed by atoms with E-state index in [2.05, 4.69) is 33.3 Å². The zero-order chi connectivity index (χ0) is 16.8. The summed E-state index contributed by atoms with van der Waals surface area (Å²) in [6.07, 6.45) is 13.8. The van der Waals surface area contributed by atoms with Gasteiger partial charge in [0.25, 0.3) is 5.91 Å². The van der Waals surface area contributed by atoms with Crippen molar-refractivity contribution in [3.05, 3.63) is 35.6 Å². The van der Waals surface area contributed by atoms with Gasteiger partial charge in [0.15, 0.2) is 5.13 Å². The number of carbonyl (C=O) groups excluding carboxylic acids is 1. The lowest BCUT2D eigenvalue weighted by Gasteiger charge is -2.21. The molecule has 2 heterocycles. The van der Waals surface area contributed by atoms with E-state index in [0.717, 1.165) is 23.3 Å². The molecule has 144 valence electrons. The number of thiazole rings is 1. The Morgan fingerprint density at radius 2 is 2.12 bits per heavy atom. The Morgan fingerprint density at radius 1 is 1.35 bits per heavy atom. The van der Waals surface area contributed by atoms with Crippen molar-refractivity contribution in [3.8, 4) is 0 Å². The molecule has 0 atom stereocenters. The quantitative estimate of drug-likeness (QED) is 0.362. The first kappa shape index (κ1) is 22.5. The lowest BCUT2D eigenvalue weighted by molar-refractivity contribution is -0.124. The molecule has 2 aromatic rings. The summed E-state index contributed by atoms with van der Waals surface area (Å²) in [7, 11) is 0. The standard InChI is InChI=1S/C17H22N4O2S.2ClH/c22-16(20-23)7-6-15-12-24-17(19-15)18-14-8-9-21(11-14)10-13-4-2-1-3-5-13;;/h6-9,11-13,23H,1-5,10H2,(H,18,19)(H,20,22);2*1H. The third-order valence-corrected chi connectivity index (χ3v) is 5.01. The molecular weight excluding hydrogens is 395 g/mol. The number of hydrogen-bond donors (Lipinski definition) is 3. The van der Waals surface area contributed by atoms with Crippen LogP contribution in [0.4, 0.5) is 10.8 Å². The number of rotatable bonds is 6. The van der Waals surface area contributed by atoms with Gasteiger partial charge in [0.05, 0.1) is 11.4 Å². The van der Waals surface area contributed by atoms with E-state index in [1.165, 1.54) is 49.5 Å². The Hall–Kier alpha value is -1.54. The lowest BCUT2D eigenvalue weighted by atomic mass is 9.89. The average molecular weight is 419 g/mol. The number of amides is 1. The van der Waals surface area contributed by atoms with Gasteiger partial charge in [0.2, 0.25) is 0 Å². The Morgan fingerprint density at radius 3 is 2.85 bits per heavy atom. The fourth-order valence-electron chi connectivity index (χ4n) is 3.04. The van der Waals surface area contributed by atoms with E-state index in [1.54, 1.807) is 11.6 Å². The molecule has 1 aliphatic carbocycles. The van der Waals surface area contributed by atoms with Crippen molar-refractivity contribution in [3.63, 3.8) is 0 Å². The number of hydroxylamine groups is 1. The number of nitrogens with zero attached hydrogens (tertiary/aromatic N) is 2. The largest absolute Gasteiger partial charge is 0.352 e. The van der Waals surface area contributed by atoms with Gasteiger partial charge in [-0.25, -0.2) is 10.5 Å². The van der Waals surface area contributed by atoms with Gasteiger partial charge in [0, 0.05) is 30.4 Å². The second-order valence-corrected chi connectivity index (χ2v) is 6.97. The summed E-state index contributed by atoms with van der Waals surface area (Å²) in [5, 5.41) is 14.4. The van der Waals surface area contributed by atoms with E-state index >= 15 is 0 Å². The van der Waals surface area contributed by atoms with E-state index in [9.17, 15) is 4.79 Å². The summed E-state index contributed by atoms with van der Waals surface area (Å²) >= 11 is 1.47. The number of hydrogen-bond acceptors (Lipinski definition) is 5. The minimum Gasteiger partial charge on any atom is -0.352 e. The van der Waals surface area contributed by atoms with Crippen LogP contribution in [0.5, 0.6) is 0 Å². The van der Waals surface area contributed by atoms with Crippen molar-refractivity contribution in [1.29, 1.82) is 0 Å². The molecule has 2 aromatic heterocycles. The van der Waals surface area contributed by atoms with Crippen molar-refractivity contribution in [1.82, 2.24) is 15.0 Å². The van der Waals surface area contributed by atoms with Crippen molar-refractivity contribution in [2.24, 2.45) is 5.92 Å². The molecule has 3 rings (SSSR count). The second kappa shape index (κ2) is 11.2. The summed E-state index contributed by atoms with van der Waals surface area (Å²) in [6, 6.07) is 2.05. The summed E-state index contributed by atoms with van der Waals surface area (Å²) in [6.45, 7) is 1.09. The minimum atomic E-state index is -0.572. The van der Waals surface area contributed by atoms with Gasteiger partial charge in [-0.05, 0) is 30.9 Å². The molecule has 0 unspecified atom stereocenters. The van der Waals surface area contributed by atoms with Crippen LogP contribution >= 0.6 is 36.2 Å². The summed E-state index contributed by atoms with van der Waals surface area (Å²) in [5.41, 5.74) is 3.24. The van der Waals surface area contributed by atoms with Crippen molar-refractivity contribution in [2.75, 3.05) is 5.32 Å². The zero-order valence-electron chi connectivity index (χ0n) is 14.3. The highest BCUT2D eigenvalue weighted by molar-refractivity contribution is 7.13. The van der Waals surface area contributed by atoms with Gasteiger partial charge >= 0.3 is 0 Å². The third-order valence-electron chi connectivity index (χ3n) is 4.23. The van der Waals surface area contributed by atoms with Crippen molar-refractivity contribution in [2.45, 2.75) is 38.6 Å². The third kappa shape index (κ3) is 6.64. The van der Waals surface area contributed by atoms with Crippen LogP contribution in [0.3, 0.4) is 0 Å². The minimum absolute atomic E-state index is 0. The molecule has 26 heavy (non-hydrogen) atoms. The van der Waals surface area contributed by atoms with Gasteiger partial charge in [-0.15, -0.1) is 36.2 Å².